The van der Waals surface area contributed by atoms with E-state index in [1.165, 1.54) is 0 Å². The molecule has 26 heavy (non-hydrogen) atoms. The lowest BCUT2D eigenvalue weighted by atomic mass is 10.1. The zero-order valence-corrected chi connectivity index (χ0v) is 16.1. The van der Waals surface area contributed by atoms with Crippen molar-refractivity contribution in [1.29, 1.82) is 0 Å². The minimum absolute atomic E-state index is 0.00380. The molecule has 0 aromatic heterocycles. The van der Waals surface area contributed by atoms with Gasteiger partial charge in [-0.05, 0) is 43.2 Å². The highest BCUT2D eigenvalue weighted by atomic mass is 35.5. The molecule has 0 aliphatic carbocycles. The van der Waals surface area contributed by atoms with Crippen LogP contribution >= 0.6 is 11.6 Å². The van der Waals surface area contributed by atoms with Crippen LogP contribution in [0, 0.1) is 6.92 Å². The van der Waals surface area contributed by atoms with Crippen molar-refractivity contribution in [2.24, 2.45) is 0 Å². The molecule has 1 atom stereocenters. The van der Waals surface area contributed by atoms with Gasteiger partial charge in [-0.15, -0.1) is 0 Å². The Balaban J connectivity index is 1.80. The number of carbonyl (C=O) groups is 1. The molecule has 2 aromatic carbocycles. The number of amides is 1. The van der Waals surface area contributed by atoms with E-state index in [2.05, 4.69) is 5.32 Å². The summed E-state index contributed by atoms with van der Waals surface area (Å²) in [5.41, 5.74) is 2.49. The third-order valence-corrected chi connectivity index (χ3v) is 6.49. The Morgan fingerprint density at radius 3 is 2.62 bits per heavy atom. The molecule has 2 aromatic rings. The molecule has 1 aliphatic heterocycles. The maximum absolute atomic E-state index is 12.9. The number of sulfone groups is 1. The average Bonchev–Trinajstić information content (AvgIpc) is 2.96. The molecule has 0 saturated carbocycles. The van der Waals surface area contributed by atoms with E-state index in [4.69, 9.17) is 11.6 Å². The Morgan fingerprint density at radius 2 is 1.96 bits per heavy atom. The first kappa shape index (κ1) is 18.7. The fraction of sp³-hybridized carbons (Fsp3) is 0.316. The molecule has 1 aliphatic rings. The van der Waals surface area contributed by atoms with E-state index in [1.54, 1.807) is 17.0 Å². The largest absolute Gasteiger partial charge is 0.376 e. The first-order valence-corrected chi connectivity index (χ1v) is 10.6. The lowest BCUT2D eigenvalue weighted by molar-refractivity contribution is -0.117. The number of nitrogens with one attached hydrogen (secondary N) is 1. The topological polar surface area (TPSA) is 66.5 Å². The van der Waals surface area contributed by atoms with E-state index in [0.29, 0.717) is 17.1 Å². The fourth-order valence-corrected chi connectivity index (χ4v) is 5.04. The number of anilines is 2. The van der Waals surface area contributed by atoms with Crippen LogP contribution < -0.4 is 10.2 Å². The van der Waals surface area contributed by atoms with E-state index in [9.17, 15) is 13.2 Å². The number of rotatable bonds is 5. The maximum Gasteiger partial charge on any atom is 0.246 e. The second-order valence-electron chi connectivity index (χ2n) is 6.47. The predicted molar refractivity (Wildman–Crippen MR) is 106 cm³/mol. The molecule has 0 spiro atoms. The normalized spacial score (nSPS) is 18.5. The van der Waals surface area contributed by atoms with E-state index in [0.717, 1.165) is 11.3 Å². The Bertz CT molecular complexity index is 900. The molecule has 3 rings (SSSR count). The SMILES string of the molecule is Cc1ccc(Cl)cc1NCC(=O)N(c1ccccc1)[C@@H]1CCS(=O)(=O)C1. The number of aryl methyl sites for hydroxylation is 1. The van der Waals surface area contributed by atoms with Gasteiger partial charge >= 0.3 is 0 Å². The summed E-state index contributed by atoms with van der Waals surface area (Å²) in [7, 11) is -3.09. The van der Waals surface area contributed by atoms with Gasteiger partial charge in [-0.25, -0.2) is 8.42 Å². The number of hydrogen-bond acceptors (Lipinski definition) is 4. The number of hydrogen-bond donors (Lipinski definition) is 1. The summed E-state index contributed by atoms with van der Waals surface area (Å²) >= 11 is 6.02. The van der Waals surface area contributed by atoms with Gasteiger partial charge in [0.2, 0.25) is 5.91 Å². The van der Waals surface area contributed by atoms with Crippen LogP contribution in [-0.4, -0.2) is 38.4 Å². The lowest BCUT2D eigenvalue weighted by Gasteiger charge is -2.29. The van der Waals surface area contributed by atoms with Crippen molar-refractivity contribution < 1.29 is 13.2 Å². The first-order chi connectivity index (χ1) is 12.4. The van der Waals surface area contributed by atoms with Crippen molar-refractivity contribution >= 4 is 38.7 Å². The Kier molecular flexibility index (Phi) is 5.53. The summed E-state index contributed by atoms with van der Waals surface area (Å²) in [4.78, 5) is 14.6. The van der Waals surface area contributed by atoms with Crippen LogP contribution in [0.5, 0.6) is 0 Å². The lowest BCUT2D eigenvalue weighted by Crippen LogP contribution is -2.44. The molecule has 138 valence electrons. The van der Waals surface area contributed by atoms with Crippen molar-refractivity contribution in [3.63, 3.8) is 0 Å². The highest BCUT2D eigenvalue weighted by molar-refractivity contribution is 7.91. The molecule has 1 N–H and O–H groups in total. The van der Waals surface area contributed by atoms with Crippen molar-refractivity contribution in [1.82, 2.24) is 0 Å². The summed E-state index contributed by atoms with van der Waals surface area (Å²) in [5.74, 6) is -0.0449. The molecule has 5 nitrogen and oxygen atoms in total. The molecule has 1 saturated heterocycles. The number of carbonyl (C=O) groups excluding carboxylic acids is 1. The molecular weight excluding hydrogens is 372 g/mol. The average molecular weight is 393 g/mol. The van der Waals surface area contributed by atoms with Crippen LogP contribution in [0.1, 0.15) is 12.0 Å². The molecule has 7 heteroatoms. The third-order valence-electron chi connectivity index (χ3n) is 4.51. The predicted octanol–water partition coefficient (Wildman–Crippen LogP) is 3.28. The Hall–Kier alpha value is -2.05. The van der Waals surface area contributed by atoms with Crippen LogP contribution in [0.2, 0.25) is 5.02 Å². The van der Waals surface area contributed by atoms with E-state index in [-0.39, 0.29) is 30.0 Å². The highest BCUT2D eigenvalue weighted by Gasteiger charge is 2.35. The molecular formula is C19H21ClN2O3S. The number of nitrogens with zero attached hydrogens (tertiary/aromatic N) is 1. The second-order valence-corrected chi connectivity index (χ2v) is 9.13. The maximum atomic E-state index is 12.9. The Morgan fingerprint density at radius 1 is 1.23 bits per heavy atom. The number of halogens is 1. The van der Waals surface area contributed by atoms with E-state index in [1.807, 2.05) is 43.3 Å². The minimum Gasteiger partial charge on any atom is -0.376 e. The molecule has 1 fully saturated rings. The summed E-state index contributed by atoms with van der Waals surface area (Å²) in [6, 6.07) is 14.3. The third kappa shape index (κ3) is 4.37. The van der Waals surface area contributed by atoms with E-state index >= 15 is 0 Å². The van der Waals surface area contributed by atoms with E-state index < -0.39 is 9.84 Å². The summed E-state index contributed by atoms with van der Waals surface area (Å²) < 4.78 is 23.8. The second kappa shape index (κ2) is 7.68. The Labute approximate surface area is 158 Å². The van der Waals surface area contributed by atoms with Crippen LogP contribution in [0.4, 0.5) is 11.4 Å². The molecule has 1 heterocycles. The van der Waals surface area contributed by atoms with Gasteiger partial charge in [-0.1, -0.05) is 35.9 Å². The van der Waals surface area contributed by atoms with Crippen molar-refractivity contribution in [2.45, 2.75) is 19.4 Å². The highest BCUT2D eigenvalue weighted by Crippen LogP contribution is 2.25. The van der Waals surface area contributed by atoms with Crippen LogP contribution in [0.15, 0.2) is 48.5 Å². The molecule has 0 radical (unpaired) electrons. The quantitative estimate of drug-likeness (QED) is 0.847. The van der Waals surface area contributed by atoms with Crippen LogP contribution in [0.3, 0.4) is 0 Å². The van der Waals surface area contributed by atoms with Crippen LogP contribution in [0.25, 0.3) is 0 Å². The van der Waals surface area contributed by atoms with Crippen molar-refractivity contribution in [3.8, 4) is 0 Å². The van der Waals surface area contributed by atoms with Gasteiger partial charge in [-0.3, -0.25) is 4.79 Å². The fourth-order valence-electron chi connectivity index (χ4n) is 3.17. The van der Waals surface area contributed by atoms with Crippen LogP contribution in [-0.2, 0) is 14.6 Å². The van der Waals surface area contributed by atoms with Gasteiger partial charge in [0.25, 0.3) is 0 Å². The molecule has 1 amide bonds. The number of para-hydroxylation sites is 1. The number of benzene rings is 2. The van der Waals surface area contributed by atoms with Gasteiger partial charge in [0, 0.05) is 16.4 Å². The van der Waals surface area contributed by atoms with Gasteiger partial charge in [0.1, 0.15) is 0 Å². The molecule has 0 unspecified atom stereocenters. The van der Waals surface area contributed by atoms with Gasteiger partial charge in [0.15, 0.2) is 9.84 Å². The molecule has 0 bridgehead atoms. The zero-order chi connectivity index (χ0) is 18.7. The first-order valence-electron chi connectivity index (χ1n) is 8.43. The summed E-state index contributed by atoms with van der Waals surface area (Å²) in [6.07, 6.45) is 0.458. The van der Waals surface area contributed by atoms with Gasteiger partial charge in [-0.2, -0.15) is 0 Å². The summed E-state index contributed by atoms with van der Waals surface area (Å²) in [5, 5.41) is 3.71. The van der Waals surface area contributed by atoms with Gasteiger partial charge in [0.05, 0.1) is 24.1 Å². The standard InChI is InChI=1S/C19H21ClN2O3S/c1-14-7-8-15(20)11-18(14)21-12-19(23)22(16-5-3-2-4-6-16)17-9-10-26(24,25)13-17/h2-8,11,17,21H,9-10,12-13H2,1H3/t17-/m1/s1. The zero-order valence-electron chi connectivity index (χ0n) is 14.5. The minimum atomic E-state index is -3.09. The van der Waals surface area contributed by atoms with Crippen molar-refractivity contribution in [3.05, 3.63) is 59.1 Å². The van der Waals surface area contributed by atoms with Crippen molar-refractivity contribution in [2.75, 3.05) is 28.3 Å². The summed E-state index contributed by atoms with van der Waals surface area (Å²) in [6.45, 7) is 1.99. The monoisotopic (exact) mass is 392 g/mol. The van der Waals surface area contributed by atoms with Gasteiger partial charge < -0.3 is 10.2 Å². The smallest absolute Gasteiger partial charge is 0.246 e.